The number of aliphatic hydroxyl groups excluding tert-OH is 1. The van der Waals surface area contributed by atoms with Gasteiger partial charge in [-0.25, -0.2) is 4.68 Å². The van der Waals surface area contributed by atoms with Gasteiger partial charge in [-0.1, -0.05) is 12.1 Å². The molecule has 0 spiro atoms. The maximum atomic E-state index is 12.3. The van der Waals surface area contributed by atoms with Gasteiger partial charge in [-0.3, -0.25) is 4.79 Å². The van der Waals surface area contributed by atoms with Crippen molar-refractivity contribution in [3.63, 3.8) is 0 Å². The summed E-state index contributed by atoms with van der Waals surface area (Å²) in [4.78, 5) is 14.2. The number of likely N-dealkylation sites (tertiary alicyclic amines) is 1. The molecule has 5 heteroatoms. The fourth-order valence-corrected chi connectivity index (χ4v) is 2.84. The summed E-state index contributed by atoms with van der Waals surface area (Å²) in [6.07, 6.45) is 5.88. The first kappa shape index (κ1) is 14.8. The lowest BCUT2D eigenvalue weighted by Gasteiger charge is -2.31. The number of carbonyl (C=O) groups is 1. The molecular weight excluding hydrogens is 278 g/mol. The highest BCUT2D eigenvalue weighted by molar-refractivity contribution is 5.78. The summed E-state index contributed by atoms with van der Waals surface area (Å²) in [5.41, 5.74) is 2.01. The summed E-state index contributed by atoms with van der Waals surface area (Å²) in [6, 6.07) is 9.80. The van der Waals surface area contributed by atoms with Gasteiger partial charge in [0, 0.05) is 32.1 Å². The van der Waals surface area contributed by atoms with Gasteiger partial charge in [0.15, 0.2) is 0 Å². The second kappa shape index (κ2) is 6.75. The van der Waals surface area contributed by atoms with Crippen molar-refractivity contribution in [2.24, 2.45) is 5.92 Å². The molecule has 1 aromatic heterocycles. The van der Waals surface area contributed by atoms with E-state index in [9.17, 15) is 4.79 Å². The number of carbonyl (C=O) groups excluding carboxylic acids is 1. The highest BCUT2D eigenvalue weighted by atomic mass is 16.3. The second-order valence-electron chi connectivity index (χ2n) is 5.80. The molecule has 1 aliphatic rings. The first-order valence-electron chi connectivity index (χ1n) is 7.74. The van der Waals surface area contributed by atoms with Crippen molar-refractivity contribution in [3.05, 3.63) is 48.3 Å². The molecule has 1 fully saturated rings. The summed E-state index contributed by atoms with van der Waals surface area (Å²) in [6.45, 7) is 1.75. The van der Waals surface area contributed by atoms with Crippen molar-refractivity contribution in [1.29, 1.82) is 0 Å². The first-order chi connectivity index (χ1) is 10.8. The minimum atomic E-state index is 0.170. The van der Waals surface area contributed by atoms with Crippen LogP contribution < -0.4 is 0 Å². The number of nitrogens with zero attached hydrogens (tertiary/aromatic N) is 3. The molecule has 116 valence electrons. The molecule has 1 aliphatic heterocycles. The molecule has 5 nitrogen and oxygen atoms in total. The Morgan fingerprint density at radius 2 is 1.95 bits per heavy atom. The highest BCUT2D eigenvalue weighted by Gasteiger charge is 2.22. The van der Waals surface area contributed by atoms with Crippen LogP contribution in [0.25, 0.3) is 5.69 Å². The zero-order chi connectivity index (χ0) is 15.4. The van der Waals surface area contributed by atoms with E-state index in [0.29, 0.717) is 12.3 Å². The van der Waals surface area contributed by atoms with Crippen molar-refractivity contribution in [1.82, 2.24) is 14.7 Å². The average Bonchev–Trinajstić information content (AvgIpc) is 3.10. The molecule has 1 aromatic carbocycles. The van der Waals surface area contributed by atoms with E-state index >= 15 is 0 Å². The largest absolute Gasteiger partial charge is 0.396 e. The van der Waals surface area contributed by atoms with Crippen LogP contribution in [-0.2, 0) is 11.2 Å². The molecule has 0 aliphatic carbocycles. The SMILES string of the molecule is O=C(Cc1ccc(-n2cccn2)cc1)N1CCC(CO)CC1. The predicted molar refractivity (Wildman–Crippen MR) is 83.7 cm³/mol. The molecule has 1 amide bonds. The molecule has 1 N–H and O–H groups in total. The molecule has 3 rings (SSSR count). The molecule has 0 atom stereocenters. The van der Waals surface area contributed by atoms with Gasteiger partial charge in [0.1, 0.15) is 0 Å². The van der Waals surface area contributed by atoms with E-state index in [1.165, 1.54) is 0 Å². The Hall–Kier alpha value is -2.14. The smallest absolute Gasteiger partial charge is 0.226 e. The van der Waals surface area contributed by atoms with Crippen molar-refractivity contribution >= 4 is 5.91 Å². The normalized spacial score (nSPS) is 16.0. The Morgan fingerprint density at radius 1 is 1.23 bits per heavy atom. The molecule has 0 radical (unpaired) electrons. The molecule has 2 heterocycles. The Balaban J connectivity index is 1.58. The topological polar surface area (TPSA) is 58.4 Å². The fraction of sp³-hybridized carbons (Fsp3) is 0.412. The zero-order valence-electron chi connectivity index (χ0n) is 12.6. The van der Waals surface area contributed by atoms with E-state index in [-0.39, 0.29) is 12.5 Å². The third kappa shape index (κ3) is 3.36. The van der Waals surface area contributed by atoms with Crippen LogP contribution in [0.5, 0.6) is 0 Å². The van der Waals surface area contributed by atoms with E-state index in [0.717, 1.165) is 37.2 Å². The Bertz CT molecular complexity index is 599. The summed E-state index contributed by atoms with van der Waals surface area (Å²) >= 11 is 0. The minimum Gasteiger partial charge on any atom is -0.396 e. The third-order valence-corrected chi connectivity index (χ3v) is 4.29. The number of aromatic nitrogens is 2. The van der Waals surface area contributed by atoms with Gasteiger partial charge in [0.25, 0.3) is 0 Å². The number of hydrogen-bond donors (Lipinski definition) is 1. The van der Waals surface area contributed by atoms with Crippen LogP contribution in [0.2, 0.25) is 0 Å². The monoisotopic (exact) mass is 299 g/mol. The lowest BCUT2D eigenvalue weighted by Crippen LogP contribution is -2.40. The van der Waals surface area contributed by atoms with Crippen LogP contribution in [0, 0.1) is 5.92 Å². The number of hydrogen-bond acceptors (Lipinski definition) is 3. The maximum absolute atomic E-state index is 12.3. The van der Waals surface area contributed by atoms with Gasteiger partial charge < -0.3 is 10.0 Å². The molecule has 2 aromatic rings. The van der Waals surface area contributed by atoms with Crippen LogP contribution in [-0.4, -0.2) is 45.4 Å². The number of rotatable bonds is 4. The van der Waals surface area contributed by atoms with E-state index in [1.54, 1.807) is 10.9 Å². The standard InChI is InChI=1S/C17H21N3O2/c21-13-15-6-10-19(11-7-15)17(22)12-14-2-4-16(5-3-14)20-9-1-8-18-20/h1-5,8-9,15,21H,6-7,10-13H2. The second-order valence-corrected chi connectivity index (χ2v) is 5.80. The van der Waals surface area contributed by atoms with Crippen LogP contribution in [0.4, 0.5) is 0 Å². The predicted octanol–water partition coefficient (Wildman–Crippen LogP) is 1.65. The van der Waals surface area contributed by atoms with E-state index in [4.69, 9.17) is 5.11 Å². The van der Waals surface area contributed by atoms with Crippen LogP contribution in [0.1, 0.15) is 18.4 Å². The minimum absolute atomic E-state index is 0.170. The lowest BCUT2D eigenvalue weighted by molar-refractivity contribution is -0.132. The van der Waals surface area contributed by atoms with E-state index in [1.807, 2.05) is 41.4 Å². The Morgan fingerprint density at radius 3 is 2.55 bits per heavy atom. The van der Waals surface area contributed by atoms with Gasteiger partial charge in [0.05, 0.1) is 12.1 Å². The molecule has 0 bridgehead atoms. The van der Waals surface area contributed by atoms with E-state index in [2.05, 4.69) is 5.10 Å². The van der Waals surface area contributed by atoms with Crippen LogP contribution in [0.3, 0.4) is 0 Å². The van der Waals surface area contributed by atoms with Crippen molar-refractivity contribution in [2.45, 2.75) is 19.3 Å². The maximum Gasteiger partial charge on any atom is 0.226 e. The quantitative estimate of drug-likeness (QED) is 0.934. The van der Waals surface area contributed by atoms with Crippen molar-refractivity contribution < 1.29 is 9.90 Å². The molecule has 22 heavy (non-hydrogen) atoms. The first-order valence-corrected chi connectivity index (χ1v) is 7.74. The third-order valence-electron chi connectivity index (χ3n) is 4.29. The van der Waals surface area contributed by atoms with Gasteiger partial charge in [-0.15, -0.1) is 0 Å². The van der Waals surface area contributed by atoms with Crippen LogP contribution >= 0.6 is 0 Å². The Labute approximate surface area is 130 Å². The fourth-order valence-electron chi connectivity index (χ4n) is 2.84. The number of benzene rings is 1. The van der Waals surface area contributed by atoms with Gasteiger partial charge in [0.2, 0.25) is 5.91 Å². The van der Waals surface area contributed by atoms with Gasteiger partial charge in [-0.2, -0.15) is 5.10 Å². The van der Waals surface area contributed by atoms with Gasteiger partial charge in [-0.05, 0) is 42.5 Å². The highest BCUT2D eigenvalue weighted by Crippen LogP contribution is 2.17. The summed E-state index contributed by atoms with van der Waals surface area (Å²) < 4.78 is 1.80. The lowest BCUT2D eigenvalue weighted by atomic mass is 9.97. The summed E-state index contributed by atoms with van der Waals surface area (Å²) in [7, 11) is 0. The molecule has 0 saturated carbocycles. The van der Waals surface area contributed by atoms with Crippen molar-refractivity contribution in [2.75, 3.05) is 19.7 Å². The van der Waals surface area contributed by atoms with E-state index < -0.39 is 0 Å². The molecular formula is C17H21N3O2. The number of piperidine rings is 1. The average molecular weight is 299 g/mol. The molecule has 0 unspecified atom stereocenters. The molecule has 1 saturated heterocycles. The van der Waals surface area contributed by atoms with Crippen LogP contribution in [0.15, 0.2) is 42.7 Å². The summed E-state index contributed by atoms with van der Waals surface area (Å²) in [5, 5.41) is 13.3. The summed E-state index contributed by atoms with van der Waals surface area (Å²) in [5.74, 6) is 0.528. The van der Waals surface area contributed by atoms with Gasteiger partial charge >= 0.3 is 0 Å². The number of aliphatic hydroxyl groups is 1. The van der Waals surface area contributed by atoms with Crippen molar-refractivity contribution in [3.8, 4) is 5.69 Å². The number of amides is 1. The Kier molecular flexibility index (Phi) is 4.53. The zero-order valence-corrected chi connectivity index (χ0v) is 12.6.